The maximum Gasteiger partial charge on any atom is 0.206 e. The Labute approximate surface area is 77.8 Å². The Hall–Kier alpha value is -1.29. The zero-order valence-electron chi connectivity index (χ0n) is 7.50. The van der Waals surface area contributed by atoms with Crippen molar-refractivity contribution in [1.82, 2.24) is 0 Å². The van der Waals surface area contributed by atoms with Gasteiger partial charge >= 0.3 is 0 Å². The molecular formula is C10H12O3. The summed E-state index contributed by atoms with van der Waals surface area (Å²) in [7, 11) is 0. The second-order valence-electron chi connectivity index (χ2n) is 2.32. The summed E-state index contributed by atoms with van der Waals surface area (Å²) in [4.78, 5) is 10.6. The highest BCUT2D eigenvalue weighted by atomic mass is 16.3. The topological polar surface area (TPSA) is 57.5 Å². The third kappa shape index (κ3) is 7.08. The number of carbonyl (C=O) groups is 1. The van der Waals surface area contributed by atoms with E-state index in [4.69, 9.17) is 10.2 Å². The summed E-state index contributed by atoms with van der Waals surface area (Å²) < 4.78 is 0. The van der Waals surface area contributed by atoms with Crippen molar-refractivity contribution in [2.45, 2.75) is 25.9 Å². The van der Waals surface area contributed by atoms with E-state index in [1.54, 1.807) is 6.92 Å². The van der Waals surface area contributed by atoms with Crippen molar-refractivity contribution in [2.24, 2.45) is 0 Å². The van der Waals surface area contributed by atoms with Crippen molar-refractivity contribution in [3.05, 3.63) is 0 Å². The van der Waals surface area contributed by atoms with Gasteiger partial charge in [-0.25, -0.2) is 0 Å². The van der Waals surface area contributed by atoms with Gasteiger partial charge in [0.05, 0.1) is 0 Å². The summed E-state index contributed by atoms with van der Waals surface area (Å²) in [6.07, 6.45) is -0.291. The number of Topliss-reactive ketones (excluding diaryl/α,β-unsaturated/α-hetero) is 1. The molecule has 0 aliphatic carbocycles. The number of carbonyl (C=O) groups excluding carboxylic acids is 1. The van der Waals surface area contributed by atoms with Crippen LogP contribution in [0, 0.1) is 23.7 Å². The summed E-state index contributed by atoms with van der Waals surface area (Å²) in [6, 6.07) is 0. The molecule has 0 aromatic carbocycles. The van der Waals surface area contributed by atoms with Gasteiger partial charge in [0, 0.05) is 19.4 Å². The first-order valence-electron chi connectivity index (χ1n) is 4.04. The van der Waals surface area contributed by atoms with Gasteiger partial charge < -0.3 is 10.2 Å². The van der Waals surface area contributed by atoms with Gasteiger partial charge in [0.15, 0.2) is 0 Å². The van der Waals surface area contributed by atoms with Crippen LogP contribution in [0.3, 0.4) is 0 Å². The minimum absolute atomic E-state index is 0.114. The molecule has 0 aliphatic rings. The molecular weight excluding hydrogens is 168 g/mol. The Morgan fingerprint density at radius 1 is 1.46 bits per heavy atom. The quantitative estimate of drug-likeness (QED) is 0.463. The van der Waals surface area contributed by atoms with Gasteiger partial charge in [-0.2, -0.15) is 0 Å². The van der Waals surface area contributed by atoms with Gasteiger partial charge in [0.2, 0.25) is 5.78 Å². The van der Waals surface area contributed by atoms with Crippen molar-refractivity contribution in [1.29, 1.82) is 0 Å². The summed E-state index contributed by atoms with van der Waals surface area (Å²) in [5.41, 5.74) is 0. The fraction of sp³-hybridized carbons (Fsp3) is 0.500. The van der Waals surface area contributed by atoms with E-state index in [2.05, 4.69) is 23.7 Å². The van der Waals surface area contributed by atoms with Gasteiger partial charge in [-0.05, 0) is 17.8 Å². The van der Waals surface area contributed by atoms with Crippen LogP contribution >= 0.6 is 0 Å². The van der Waals surface area contributed by atoms with E-state index in [1.807, 2.05) is 0 Å². The molecule has 0 saturated heterocycles. The van der Waals surface area contributed by atoms with Crippen LogP contribution in [0.15, 0.2) is 0 Å². The molecule has 0 aromatic rings. The van der Waals surface area contributed by atoms with Crippen molar-refractivity contribution in [3.63, 3.8) is 0 Å². The van der Waals surface area contributed by atoms with Crippen LogP contribution in [0.5, 0.6) is 0 Å². The van der Waals surface area contributed by atoms with Crippen molar-refractivity contribution in [3.8, 4) is 23.7 Å². The molecule has 0 spiro atoms. The molecule has 0 saturated carbocycles. The SMILES string of the molecule is CCC(=O)C#CC#C[C@@H](O)CCO. The zero-order valence-corrected chi connectivity index (χ0v) is 7.50. The molecule has 1 atom stereocenters. The molecule has 0 aliphatic heterocycles. The first kappa shape index (κ1) is 11.7. The number of rotatable bonds is 3. The Kier molecular flexibility index (Phi) is 6.63. The number of hydrogen-bond donors (Lipinski definition) is 2. The smallest absolute Gasteiger partial charge is 0.206 e. The highest BCUT2D eigenvalue weighted by Gasteiger charge is 1.94. The number of aliphatic hydroxyl groups excluding tert-OH is 2. The molecule has 0 bridgehead atoms. The fourth-order valence-electron chi connectivity index (χ4n) is 0.503. The molecule has 3 heteroatoms. The average molecular weight is 180 g/mol. The second kappa shape index (κ2) is 7.36. The van der Waals surface area contributed by atoms with E-state index >= 15 is 0 Å². The van der Waals surface area contributed by atoms with Crippen LogP contribution in [0.25, 0.3) is 0 Å². The average Bonchev–Trinajstić information content (AvgIpc) is 2.12. The lowest BCUT2D eigenvalue weighted by Crippen LogP contribution is -2.04. The Balaban J connectivity index is 3.95. The molecule has 0 rings (SSSR count). The Morgan fingerprint density at radius 3 is 2.69 bits per heavy atom. The van der Waals surface area contributed by atoms with Crippen molar-refractivity contribution < 1.29 is 15.0 Å². The number of hydrogen-bond acceptors (Lipinski definition) is 3. The van der Waals surface area contributed by atoms with Crippen LogP contribution in [0.4, 0.5) is 0 Å². The predicted octanol–water partition coefficient (Wildman–Crippen LogP) is -0.284. The maximum atomic E-state index is 10.6. The van der Waals surface area contributed by atoms with Crippen LogP contribution in [0.1, 0.15) is 19.8 Å². The number of aliphatic hydroxyl groups is 2. The Bertz CT molecular complexity index is 272. The van der Waals surface area contributed by atoms with Gasteiger partial charge in [-0.15, -0.1) is 0 Å². The minimum atomic E-state index is -0.865. The van der Waals surface area contributed by atoms with Crippen LogP contribution < -0.4 is 0 Å². The molecule has 0 aromatic heterocycles. The van der Waals surface area contributed by atoms with Crippen LogP contribution in [-0.4, -0.2) is 28.7 Å². The van der Waals surface area contributed by atoms with Gasteiger partial charge in [0.25, 0.3) is 0 Å². The molecule has 0 heterocycles. The highest BCUT2D eigenvalue weighted by molar-refractivity contribution is 5.95. The lowest BCUT2D eigenvalue weighted by molar-refractivity contribution is -0.113. The zero-order chi connectivity index (χ0) is 10.1. The second-order valence-corrected chi connectivity index (χ2v) is 2.32. The molecule has 13 heavy (non-hydrogen) atoms. The van der Waals surface area contributed by atoms with E-state index in [0.29, 0.717) is 6.42 Å². The van der Waals surface area contributed by atoms with E-state index < -0.39 is 6.10 Å². The lowest BCUT2D eigenvalue weighted by atomic mass is 10.2. The first-order chi connectivity index (χ1) is 6.20. The molecule has 2 N–H and O–H groups in total. The molecule has 0 fully saturated rings. The number of ketones is 1. The summed E-state index contributed by atoms with van der Waals surface area (Å²) in [5, 5.41) is 17.4. The van der Waals surface area contributed by atoms with Gasteiger partial charge in [0.1, 0.15) is 6.10 Å². The standard InChI is InChI=1S/C10H12O3/c1-2-9(12)5-3-4-6-10(13)7-8-11/h10-11,13H,2,7-8H2,1H3/t10-/m1/s1. The van der Waals surface area contributed by atoms with E-state index in [1.165, 1.54) is 0 Å². The molecule has 0 amide bonds. The van der Waals surface area contributed by atoms with Crippen LogP contribution in [0.2, 0.25) is 0 Å². The summed E-state index contributed by atoms with van der Waals surface area (Å²) >= 11 is 0. The lowest BCUT2D eigenvalue weighted by Gasteiger charge is -1.95. The van der Waals surface area contributed by atoms with E-state index in [0.717, 1.165) is 0 Å². The fourth-order valence-corrected chi connectivity index (χ4v) is 0.503. The molecule has 0 unspecified atom stereocenters. The normalized spacial score (nSPS) is 10.4. The molecule has 3 nitrogen and oxygen atoms in total. The predicted molar refractivity (Wildman–Crippen MR) is 48.6 cm³/mol. The van der Waals surface area contributed by atoms with Gasteiger partial charge in [-0.3, -0.25) is 4.79 Å². The highest BCUT2D eigenvalue weighted by Crippen LogP contribution is 1.85. The van der Waals surface area contributed by atoms with Crippen LogP contribution in [-0.2, 0) is 4.79 Å². The van der Waals surface area contributed by atoms with E-state index in [9.17, 15) is 4.79 Å². The molecule has 70 valence electrons. The maximum absolute atomic E-state index is 10.6. The third-order valence-electron chi connectivity index (χ3n) is 1.23. The first-order valence-corrected chi connectivity index (χ1v) is 4.04. The summed E-state index contributed by atoms with van der Waals surface area (Å²) in [6.45, 7) is 1.60. The largest absolute Gasteiger partial charge is 0.396 e. The summed E-state index contributed by atoms with van der Waals surface area (Å²) in [5.74, 6) is 9.17. The van der Waals surface area contributed by atoms with Gasteiger partial charge in [-0.1, -0.05) is 12.8 Å². The van der Waals surface area contributed by atoms with E-state index in [-0.39, 0.29) is 18.8 Å². The minimum Gasteiger partial charge on any atom is -0.396 e. The van der Waals surface area contributed by atoms with Crippen molar-refractivity contribution in [2.75, 3.05) is 6.61 Å². The third-order valence-corrected chi connectivity index (χ3v) is 1.23. The monoisotopic (exact) mass is 180 g/mol. The Morgan fingerprint density at radius 2 is 2.15 bits per heavy atom. The molecule has 0 radical (unpaired) electrons. The van der Waals surface area contributed by atoms with Crippen molar-refractivity contribution >= 4 is 5.78 Å².